The molecule has 8 heteroatoms. The molecule has 0 aromatic heterocycles. The Balaban J connectivity index is 1.17. The molecular formula is C25H27N3O5. The van der Waals surface area contributed by atoms with Crippen LogP contribution < -0.4 is 9.47 Å². The highest BCUT2D eigenvalue weighted by atomic mass is 16.6. The average molecular weight is 450 g/mol. The third kappa shape index (κ3) is 4.51. The predicted octanol–water partition coefficient (Wildman–Crippen LogP) is 1.93. The molecule has 2 fully saturated rings. The molecule has 0 unspecified atom stereocenters. The van der Waals surface area contributed by atoms with Crippen molar-refractivity contribution in [3.05, 3.63) is 59.7 Å². The molecule has 3 aliphatic rings. The highest BCUT2D eigenvalue weighted by Crippen LogP contribution is 2.31. The fourth-order valence-corrected chi connectivity index (χ4v) is 4.55. The fraction of sp³-hybridized carbons (Fsp3) is 0.400. The molecule has 172 valence electrons. The van der Waals surface area contributed by atoms with E-state index in [1.807, 2.05) is 41.3 Å². The van der Waals surface area contributed by atoms with Crippen LogP contribution in [0.25, 0.3) is 0 Å². The molecule has 2 aromatic carbocycles. The van der Waals surface area contributed by atoms with Crippen LogP contribution in [0.5, 0.6) is 11.5 Å². The van der Waals surface area contributed by atoms with Gasteiger partial charge in [0, 0.05) is 51.3 Å². The second kappa shape index (κ2) is 9.13. The number of rotatable bonds is 4. The molecule has 0 aliphatic carbocycles. The van der Waals surface area contributed by atoms with Gasteiger partial charge in [0.15, 0.2) is 11.5 Å². The lowest BCUT2D eigenvalue weighted by Gasteiger charge is -2.37. The van der Waals surface area contributed by atoms with E-state index in [1.54, 1.807) is 21.9 Å². The zero-order chi connectivity index (χ0) is 22.8. The largest absolute Gasteiger partial charge is 0.485 e. The van der Waals surface area contributed by atoms with Crippen molar-refractivity contribution in [2.24, 2.45) is 0 Å². The van der Waals surface area contributed by atoms with Crippen LogP contribution in [-0.4, -0.2) is 77.9 Å². The minimum absolute atomic E-state index is 0.0529. The molecule has 0 spiro atoms. The number of carbonyl (C=O) groups excluding carboxylic acids is 3. The third-order valence-electron chi connectivity index (χ3n) is 6.38. The molecule has 2 saturated heterocycles. The Hall–Kier alpha value is -3.55. The second-order valence-electron chi connectivity index (χ2n) is 8.60. The average Bonchev–Trinajstić information content (AvgIpc) is 3.27. The molecule has 33 heavy (non-hydrogen) atoms. The van der Waals surface area contributed by atoms with Crippen LogP contribution in [-0.2, 0) is 16.1 Å². The Labute approximate surface area is 192 Å². The van der Waals surface area contributed by atoms with Crippen molar-refractivity contribution in [3.63, 3.8) is 0 Å². The highest BCUT2D eigenvalue weighted by molar-refractivity contribution is 5.94. The van der Waals surface area contributed by atoms with E-state index in [2.05, 4.69) is 0 Å². The Bertz CT molecular complexity index is 1060. The molecule has 0 N–H and O–H groups in total. The number of ether oxygens (including phenoxy) is 2. The number of carbonyl (C=O) groups is 3. The van der Waals surface area contributed by atoms with Gasteiger partial charge in [-0.25, -0.2) is 0 Å². The summed E-state index contributed by atoms with van der Waals surface area (Å²) >= 11 is 0. The summed E-state index contributed by atoms with van der Waals surface area (Å²) in [7, 11) is 0. The van der Waals surface area contributed by atoms with Crippen molar-refractivity contribution in [1.29, 1.82) is 0 Å². The van der Waals surface area contributed by atoms with Gasteiger partial charge in [-0.1, -0.05) is 24.3 Å². The number of benzene rings is 2. The molecule has 3 aliphatic heterocycles. The predicted molar refractivity (Wildman–Crippen MR) is 120 cm³/mol. The van der Waals surface area contributed by atoms with E-state index in [0.29, 0.717) is 56.2 Å². The molecule has 3 heterocycles. The number of nitrogens with zero attached hydrogens (tertiary/aromatic N) is 3. The van der Waals surface area contributed by atoms with Gasteiger partial charge < -0.3 is 24.2 Å². The van der Waals surface area contributed by atoms with E-state index in [0.717, 1.165) is 18.5 Å². The summed E-state index contributed by atoms with van der Waals surface area (Å²) in [5.74, 6) is 1.22. The quantitative estimate of drug-likeness (QED) is 0.713. The lowest BCUT2D eigenvalue weighted by molar-refractivity contribution is -0.142. The number of fused-ring (bicyclic) bond motifs is 1. The topological polar surface area (TPSA) is 79.4 Å². The smallest absolute Gasteiger partial charge is 0.267 e. The SMILES string of the molecule is O=C1CCCN1Cc1cccc(C(=O)N2CCN(C(=O)[C@@H]3COc4ccccc4O3)CC2)c1. The number of hydrogen-bond donors (Lipinski definition) is 0. The van der Waals surface area contributed by atoms with E-state index in [-0.39, 0.29) is 24.3 Å². The van der Waals surface area contributed by atoms with E-state index >= 15 is 0 Å². The van der Waals surface area contributed by atoms with Crippen molar-refractivity contribution in [1.82, 2.24) is 14.7 Å². The lowest BCUT2D eigenvalue weighted by Crippen LogP contribution is -2.55. The van der Waals surface area contributed by atoms with E-state index in [9.17, 15) is 14.4 Å². The van der Waals surface area contributed by atoms with Crippen LogP contribution >= 0.6 is 0 Å². The van der Waals surface area contributed by atoms with Crippen LogP contribution in [0.1, 0.15) is 28.8 Å². The maximum atomic E-state index is 13.1. The molecule has 5 rings (SSSR count). The fourth-order valence-electron chi connectivity index (χ4n) is 4.55. The number of piperazine rings is 1. The van der Waals surface area contributed by atoms with Gasteiger partial charge in [0.05, 0.1) is 0 Å². The number of para-hydroxylation sites is 2. The summed E-state index contributed by atoms with van der Waals surface area (Å²) in [6.07, 6.45) is 0.823. The summed E-state index contributed by atoms with van der Waals surface area (Å²) in [6.45, 7) is 3.32. The monoisotopic (exact) mass is 449 g/mol. The Morgan fingerprint density at radius 2 is 1.67 bits per heavy atom. The van der Waals surface area contributed by atoms with Crippen molar-refractivity contribution in [2.75, 3.05) is 39.3 Å². The highest BCUT2D eigenvalue weighted by Gasteiger charge is 2.33. The summed E-state index contributed by atoms with van der Waals surface area (Å²) in [4.78, 5) is 43.3. The van der Waals surface area contributed by atoms with E-state index in [4.69, 9.17) is 9.47 Å². The molecule has 8 nitrogen and oxygen atoms in total. The normalized spacial score (nSPS) is 20.2. The zero-order valence-electron chi connectivity index (χ0n) is 18.4. The summed E-state index contributed by atoms with van der Waals surface area (Å²) < 4.78 is 11.5. The summed E-state index contributed by atoms with van der Waals surface area (Å²) in [6, 6.07) is 14.8. The second-order valence-corrected chi connectivity index (χ2v) is 8.60. The minimum Gasteiger partial charge on any atom is -0.485 e. The molecule has 2 aromatic rings. The van der Waals surface area contributed by atoms with Gasteiger partial charge in [0.1, 0.15) is 6.61 Å². The maximum Gasteiger partial charge on any atom is 0.267 e. The van der Waals surface area contributed by atoms with Gasteiger partial charge in [-0.15, -0.1) is 0 Å². The van der Waals surface area contributed by atoms with E-state index < -0.39 is 6.10 Å². The van der Waals surface area contributed by atoms with Gasteiger partial charge in [0.2, 0.25) is 12.0 Å². The number of amides is 3. The first-order valence-electron chi connectivity index (χ1n) is 11.4. The summed E-state index contributed by atoms with van der Waals surface area (Å²) in [5, 5.41) is 0. The standard InChI is InChI=1S/C25H27N3O5/c29-23-9-4-10-28(23)16-18-5-3-6-19(15-18)24(30)26-11-13-27(14-12-26)25(31)22-17-32-20-7-1-2-8-21(20)33-22/h1-3,5-8,15,22H,4,9-14,16-17H2/t22-/m0/s1. The minimum atomic E-state index is -0.674. The van der Waals surface area contributed by atoms with E-state index in [1.165, 1.54) is 0 Å². The zero-order valence-corrected chi connectivity index (χ0v) is 18.4. The van der Waals surface area contributed by atoms with Gasteiger partial charge in [-0.3, -0.25) is 14.4 Å². The maximum absolute atomic E-state index is 13.1. The molecule has 1 atom stereocenters. The Morgan fingerprint density at radius 3 is 2.42 bits per heavy atom. The van der Waals surface area contributed by atoms with Crippen LogP contribution in [0.3, 0.4) is 0 Å². The number of likely N-dealkylation sites (tertiary alicyclic amines) is 1. The van der Waals surface area contributed by atoms with Gasteiger partial charge in [-0.05, 0) is 36.2 Å². The summed E-state index contributed by atoms with van der Waals surface area (Å²) in [5.41, 5.74) is 1.57. The first kappa shape index (κ1) is 21.3. The first-order chi connectivity index (χ1) is 16.1. The molecule has 0 saturated carbocycles. The molecular weight excluding hydrogens is 422 g/mol. The lowest BCUT2D eigenvalue weighted by atomic mass is 10.1. The third-order valence-corrected chi connectivity index (χ3v) is 6.38. The Morgan fingerprint density at radius 1 is 0.909 bits per heavy atom. The van der Waals surface area contributed by atoms with Crippen LogP contribution in [0.4, 0.5) is 0 Å². The van der Waals surface area contributed by atoms with Crippen molar-refractivity contribution in [3.8, 4) is 11.5 Å². The van der Waals surface area contributed by atoms with Gasteiger partial charge in [-0.2, -0.15) is 0 Å². The van der Waals surface area contributed by atoms with Crippen molar-refractivity contribution >= 4 is 17.7 Å². The van der Waals surface area contributed by atoms with Crippen LogP contribution in [0.15, 0.2) is 48.5 Å². The molecule has 3 amide bonds. The van der Waals surface area contributed by atoms with Crippen molar-refractivity contribution in [2.45, 2.75) is 25.5 Å². The van der Waals surface area contributed by atoms with Gasteiger partial charge in [0.25, 0.3) is 11.8 Å². The first-order valence-corrected chi connectivity index (χ1v) is 11.4. The Kier molecular flexibility index (Phi) is 5.90. The number of hydrogen-bond acceptors (Lipinski definition) is 5. The molecule has 0 radical (unpaired) electrons. The molecule has 0 bridgehead atoms. The van der Waals surface area contributed by atoms with Crippen LogP contribution in [0.2, 0.25) is 0 Å². The van der Waals surface area contributed by atoms with Gasteiger partial charge >= 0.3 is 0 Å². The van der Waals surface area contributed by atoms with Crippen molar-refractivity contribution < 1.29 is 23.9 Å². The van der Waals surface area contributed by atoms with Crippen LogP contribution in [0, 0.1) is 0 Å².